The van der Waals surface area contributed by atoms with Crippen molar-refractivity contribution in [3.63, 3.8) is 0 Å². The molecule has 0 aliphatic rings. The van der Waals surface area contributed by atoms with Crippen LogP contribution >= 0.6 is 0 Å². The van der Waals surface area contributed by atoms with Crippen LogP contribution in [0.1, 0.15) is 22.7 Å². The highest BCUT2D eigenvalue weighted by molar-refractivity contribution is 5.81. The molecule has 0 bridgehead atoms. The van der Waals surface area contributed by atoms with E-state index in [0.717, 1.165) is 11.9 Å². The van der Waals surface area contributed by atoms with Crippen LogP contribution in [0.15, 0.2) is 60.8 Å². The first-order chi connectivity index (χ1) is 10.3. The SMILES string of the molecule is CNC(Cc1ccnc2ccccc12)c1ccccc1C. The lowest BCUT2D eigenvalue weighted by Crippen LogP contribution is -2.20. The van der Waals surface area contributed by atoms with Gasteiger partial charge in [0.1, 0.15) is 0 Å². The Morgan fingerprint density at radius 3 is 2.57 bits per heavy atom. The normalized spacial score (nSPS) is 12.5. The van der Waals surface area contributed by atoms with Gasteiger partial charge in [0, 0.05) is 17.6 Å². The van der Waals surface area contributed by atoms with Crippen molar-refractivity contribution in [1.29, 1.82) is 0 Å². The summed E-state index contributed by atoms with van der Waals surface area (Å²) in [5.74, 6) is 0. The van der Waals surface area contributed by atoms with Gasteiger partial charge < -0.3 is 5.32 Å². The summed E-state index contributed by atoms with van der Waals surface area (Å²) < 4.78 is 0. The zero-order valence-corrected chi connectivity index (χ0v) is 12.5. The van der Waals surface area contributed by atoms with E-state index in [1.165, 1.54) is 22.1 Å². The summed E-state index contributed by atoms with van der Waals surface area (Å²) in [6, 6.07) is 19.4. The number of aromatic nitrogens is 1. The second kappa shape index (κ2) is 6.06. The van der Waals surface area contributed by atoms with Crippen molar-refractivity contribution in [2.45, 2.75) is 19.4 Å². The quantitative estimate of drug-likeness (QED) is 0.777. The molecule has 0 amide bonds. The van der Waals surface area contributed by atoms with Gasteiger partial charge in [-0.05, 0) is 49.2 Å². The molecule has 0 spiro atoms. The van der Waals surface area contributed by atoms with E-state index in [-0.39, 0.29) is 0 Å². The van der Waals surface area contributed by atoms with Crippen LogP contribution < -0.4 is 5.32 Å². The smallest absolute Gasteiger partial charge is 0.0704 e. The van der Waals surface area contributed by atoms with Crippen LogP contribution in [0, 0.1) is 6.92 Å². The van der Waals surface area contributed by atoms with E-state index < -0.39 is 0 Å². The summed E-state index contributed by atoms with van der Waals surface area (Å²) >= 11 is 0. The maximum atomic E-state index is 4.44. The molecule has 0 fully saturated rings. The molecule has 2 nitrogen and oxygen atoms in total. The Kier molecular flexibility index (Phi) is 3.98. The van der Waals surface area contributed by atoms with Gasteiger partial charge in [0.15, 0.2) is 0 Å². The fourth-order valence-corrected chi connectivity index (χ4v) is 2.90. The molecule has 0 saturated heterocycles. The molecule has 2 aromatic carbocycles. The number of likely N-dealkylation sites (N-methyl/N-ethyl adjacent to an activating group) is 1. The first kappa shape index (κ1) is 13.8. The summed E-state index contributed by atoms with van der Waals surface area (Å²) in [5.41, 5.74) is 5.09. The minimum Gasteiger partial charge on any atom is -0.313 e. The second-order valence-corrected chi connectivity index (χ2v) is 5.39. The molecule has 3 rings (SSSR count). The van der Waals surface area contributed by atoms with Gasteiger partial charge in [0.25, 0.3) is 0 Å². The van der Waals surface area contributed by atoms with Crippen LogP contribution in [-0.4, -0.2) is 12.0 Å². The van der Waals surface area contributed by atoms with E-state index in [2.05, 4.69) is 65.8 Å². The van der Waals surface area contributed by atoms with Crippen molar-refractivity contribution >= 4 is 10.9 Å². The summed E-state index contributed by atoms with van der Waals surface area (Å²) in [5, 5.41) is 4.70. The van der Waals surface area contributed by atoms with Gasteiger partial charge in [-0.15, -0.1) is 0 Å². The highest BCUT2D eigenvalue weighted by Gasteiger charge is 2.13. The maximum absolute atomic E-state index is 4.44. The molecule has 106 valence electrons. The fraction of sp³-hybridized carbons (Fsp3) is 0.211. The van der Waals surface area contributed by atoms with Crippen LogP contribution in [0.4, 0.5) is 0 Å². The van der Waals surface area contributed by atoms with Crippen LogP contribution in [0.25, 0.3) is 10.9 Å². The van der Waals surface area contributed by atoms with E-state index in [0.29, 0.717) is 6.04 Å². The molecular formula is C19H20N2. The molecule has 21 heavy (non-hydrogen) atoms. The Hall–Kier alpha value is -2.19. The van der Waals surface area contributed by atoms with Gasteiger partial charge in [0.05, 0.1) is 5.52 Å². The van der Waals surface area contributed by atoms with E-state index >= 15 is 0 Å². The Balaban J connectivity index is 1.98. The summed E-state index contributed by atoms with van der Waals surface area (Å²) in [6.07, 6.45) is 2.87. The first-order valence-electron chi connectivity index (χ1n) is 7.35. The molecule has 0 aliphatic carbocycles. The molecule has 1 heterocycles. The molecule has 3 aromatic rings. The van der Waals surface area contributed by atoms with Crippen molar-refractivity contribution in [2.75, 3.05) is 7.05 Å². The number of fused-ring (bicyclic) bond motifs is 1. The van der Waals surface area contributed by atoms with Crippen LogP contribution in [0.3, 0.4) is 0 Å². The van der Waals surface area contributed by atoms with Crippen molar-refractivity contribution in [2.24, 2.45) is 0 Å². The lowest BCUT2D eigenvalue weighted by Gasteiger charge is -2.19. The monoisotopic (exact) mass is 276 g/mol. The van der Waals surface area contributed by atoms with E-state index in [1.54, 1.807) is 0 Å². The third kappa shape index (κ3) is 2.81. The predicted octanol–water partition coefficient (Wildman–Crippen LogP) is 4.05. The molecule has 1 aromatic heterocycles. The molecule has 0 saturated carbocycles. The number of hydrogen-bond acceptors (Lipinski definition) is 2. The molecule has 1 unspecified atom stereocenters. The summed E-state index contributed by atoms with van der Waals surface area (Å²) in [4.78, 5) is 4.44. The second-order valence-electron chi connectivity index (χ2n) is 5.39. The zero-order chi connectivity index (χ0) is 14.7. The zero-order valence-electron chi connectivity index (χ0n) is 12.5. The molecule has 0 radical (unpaired) electrons. The molecular weight excluding hydrogens is 256 g/mol. The predicted molar refractivity (Wildman–Crippen MR) is 88.4 cm³/mol. The van der Waals surface area contributed by atoms with E-state index in [4.69, 9.17) is 0 Å². The van der Waals surface area contributed by atoms with Crippen LogP contribution in [0.2, 0.25) is 0 Å². The number of pyridine rings is 1. The number of benzene rings is 2. The van der Waals surface area contributed by atoms with Gasteiger partial charge in [0.2, 0.25) is 0 Å². The average Bonchev–Trinajstić information content (AvgIpc) is 2.53. The number of hydrogen-bond donors (Lipinski definition) is 1. The van der Waals surface area contributed by atoms with Crippen molar-refractivity contribution in [3.05, 3.63) is 77.5 Å². The van der Waals surface area contributed by atoms with Gasteiger partial charge in [-0.3, -0.25) is 4.98 Å². The number of aryl methyl sites for hydroxylation is 1. The fourth-order valence-electron chi connectivity index (χ4n) is 2.90. The minimum absolute atomic E-state index is 0.317. The standard InChI is InChI=1S/C19H20N2/c1-14-7-3-4-8-16(14)19(20-2)13-15-11-12-21-18-10-6-5-9-17(15)18/h3-12,19-20H,13H2,1-2H3. The van der Waals surface area contributed by atoms with Crippen LogP contribution in [-0.2, 0) is 6.42 Å². The van der Waals surface area contributed by atoms with Crippen molar-refractivity contribution in [1.82, 2.24) is 10.3 Å². The van der Waals surface area contributed by atoms with Crippen molar-refractivity contribution in [3.8, 4) is 0 Å². The van der Waals surface area contributed by atoms with Gasteiger partial charge in [-0.25, -0.2) is 0 Å². The average molecular weight is 276 g/mol. The number of nitrogens with zero attached hydrogens (tertiary/aromatic N) is 1. The van der Waals surface area contributed by atoms with Gasteiger partial charge in [-0.2, -0.15) is 0 Å². The summed E-state index contributed by atoms with van der Waals surface area (Å²) in [6.45, 7) is 2.17. The third-order valence-corrected chi connectivity index (χ3v) is 4.08. The largest absolute Gasteiger partial charge is 0.313 e. The Bertz CT molecular complexity index is 744. The highest BCUT2D eigenvalue weighted by atomic mass is 14.9. The Labute approximate surface area is 125 Å². The van der Waals surface area contributed by atoms with Gasteiger partial charge in [-0.1, -0.05) is 42.5 Å². The Morgan fingerprint density at radius 1 is 1.00 bits per heavy atom. The first-order valence-corrected chi connectivity index (χ1v) is 7.35. The van der Waals surface area contributed by atoms with E-state index in [1.807, 2.05) is 19.3 Å². The molecule has 1 atom stereocenters. The third-order valence-electron chi connectivity index (χ3n) is 4.08. The molecule has 2 heteroatoms. The molecule has 0 aliphatic heterocycles. The topological polar surface area (TPSA) is 24.9 Å². The van der Waals surface area contributed by atoms with Crippen LogP contribution in [0.5, 0.6) is 0 Å². The maximum Gasteiger partial charge on any atom is 0.0704 e. The molecule has 1 N–H and O–H groups in total. The van der Waals surface area contributed by atoms with Gasteiger partial charge >= 0.3 is 0 Å². The van der Waals surface area contributed by atoms with E-state index in [9.17, 15) is 0 Å². The lowest BCUT2D eigenvalue weighted by atomic mass is 9.94. The Morgan fingerprint density at radius 2 is 1.76 bits per heavy atom. The number of rotatable bonds is 4. The number of nitrogens with one attached hydrogen (secondary N) is 1. The minimum atomic E-state index is 0.317. The summed E-state index contributed by atoms with van der Waals surface area (Å²) in [7, 11) is 2.03. The van der Waals surface area contributed by atoms with Crippen molar-refractivity contribution < 1.29 is 0 Å². The highest BCUT2D eigenvalue weighted by Crippen LogP contribution is 2.25. The lowest BCUT2D eigenvalue weighted by molar-refractivity contribution is 0.590. The number of para-hydroxylation sites is 1.